The van der Waals surface area contributed by atoms with E-state index in [1.54, 1.807) is 18.2 Å². The van der Waals surface area contributed by atoms with Crippen LogP contribution in [0.15, 0.2) is 34.9 Å². The van der Waals surface area contributed by atoms with Gasteiger partial charge >= 0.3 is 5.97 Å². The summed E-state index contributed by atoms with van der Waals surface area (Å²) in [7, 11) is 1.54. The van der Waals surface area contributed by atoms with Gasteiger partial charge in [-0.3, -0.25) is 4.79 Å². The lowest BCUT2D eigenvalue weighted by Gasteiger charge is -2.11. The smallest absolute Gasteiger partial charge is 0.338 e. The summed E-state index contributed by atoms with van der Waals surface area (Å²) in [4.78, 5) is 22.7. The Morgan fingerprint density at radius 1 is 1.26 bits per heavy atom. The molecule has 23 heavy (non-hydrogen) atoms. The van der Waals surface area contributed by atoms with Gasteiger partial charge in [-0.15, -0.1) is 0 Å². The molecule has 0 bridgehead atoms. The molecule has 7 nitrogen and oxygen atoms in total. The Morgan fingerprint density at radius 3 is 2.65 bits per heavy atom. The van der Waals surface area contributed by atoms with Crippen molar-refractivity contribution in [3.8, 4) is 11.5 Å². The molecule has 1 aromatic heterocycles. The number of aromatic carboxylic acids is 1. The Balaban J connectivity index is 2.02. The van der Waals surface area contributed by atoms with Crippen molar-refractivity contribution in [2.45, 2.75) is 13.5 Å². The van der Waals surface area contributed by atoms with Crippen molar-refractivity contribution in [3.05, 3.63) is 47.4 Å². The van der Waals surface area contributed by atoms with Crippen molar-refractivity contribution < 1.29 is 28.6 Å². The van der Waals surface area contributed by atoms with Crippen molar-refractivity contribution in [2.75, 3.05) is 13.7 Å². The number of carbonyl (C=O) groups excluding carboxylic acids is 1. The lowest BCUT2D eigenvalue weighted by Crippen LogP contribution is -2.22. The van der Waals surface area contributed by atoms with Crippen LogP contribution in [0.2, 0.25) is 0 Å². The monoisotopic (exact) mass is 319 g/mol. The van der Waals surface area contributed by atoms with Gasteiger partial charge < -0.3 is 24.3 Å². The fourth-order valence-electron chi connectivity index (χ4n) is 1.93. The summed E-state index contributed by atoms with van der Waals surface area (Å²) in [6, 6.07) is 6.50. The third-order valence-electron chi connectivity index (χ3n) is 3.05. The van der Waals surface area contributed by atoms with Crippen LogP contribution < -0.4 is 14.8 Å². The quantitative estimate of drug-likeness (QED) is 0.812. The maximum absolute atomic E-state index is 11.9. The van der Waals surface area contributed by atoms with Crippen LogP contribution in [0.5, 0.6) is 11.5 Å². The molecular weight excluding hydrogens is 302 g/mol. The molecular formula is C16H17NO6. The number of hydrogen-bond acceptors (Lipinski definition) is 5. The van der Waals surface area contributed by atoms with Gasteiger partial charge in [0.15, 0.2) is 17.3 Å². The van der Waals surface area contributed by atoms with E-state index in [1.165, 1.54) is 13.2 Å². The molecule has 1 aromatic carbocycles. The second-order valence-electron chi connectivity index (χ2n) is 4.61. The summed E-state index contributed by atoms with van der Waals surface area (Å²) >= 11 is 0. The molecule has 2 aromatic rings. The Labute approximate surface area is 132 Å². The first kappa shape index (κ1) is 16.4. The number of nitrogens with one attached hydrogen (secondary N) is 1. The zero-order chi connectivity index (χ0) is 16.8. The van der Waals surface area contributed by atoms with E-state index < -0.39 is 11.9 Å². The molecule has 7 heteroatoms. The average molecular weight is 319 g/mol. The minimum atomic E-state index is -1.15. The Kier molecular flexibility index (Phi) is 5.24. The van der Waals surface area contributed by atoms with Gasteiger partial charge in [0.2, 0.25) is 0 Å². The van der Waals surface area contributed by atoms with E-state index in [4.69, 9.17) is 19.0 Å². The van der Waals surface area contributed by atoms with Crippen molar-refractivity contribution in [3.63, 3.8) is 0 Å². The first-order valence-electron chi connectivity index (χ1n) is 6.95. The summed E-state index contributed by atoms with van der Waals surface area (Å²) in [5.41, 5.74) is 0.738. The van der Waals surface area contributed by atoms with Crippen LogP contribution in [0.25, 0.3) is 0 Å². The van der Waals surface area contributed by atoms with Crippen LogP contribution in [0.4, 0.5) is 0 Å². The minimum Gasteiger partial charge on any atom is -0.493 e. The van der Waals surface area contributed by atoms with Gasteiger partial charge in [-0.05, 0) is 24.6 Å². The van der Waals surface area contributed by atoms with E-state index in [-0.39, 0.29) is 17.9 Å². The highest BCUT2D eigenvalue weighted by Crippen LogP contribution is 2.28. The van der Waals surface area contributed by atoms with E-state index in [1.807, 2.05) is 6.92 Å². The number of carboxylic acids is 1. The standard InChI is InChI=1S/C16H17NO6/c1-3-22-12-5-4-10(6-13(12)21-2)8-17-15(18)14-7-11(9-23-14)16(19)20/h4-7,9H,3,8H2,1-2H3,(H,17,18)(H,19,20). The number of rotatable bonds is 7. The number of benzene rings is 1. The molecule has 0 unspecified atom stereocenters. The number of carboxylic acid groups (broad SMARTS) is 1. The first-order chi connectivity index (χ1) is 11.0. The molecule has 0 atom stereocenters. The number of hydrogen-bond donors (Lipinski definition) is 2. The lowest BCUT2D eigenvalue weighted by atomic mass is 10.2. The second kappa shape index (κ2) is 7.35. The van der Waals surface area contributed by atoms with Gasteiger partial charge in [0.1, 0.15) is 6.26 Å². The van der Waals surface area contributed by atoms with Crippen LogP contribution >= 0.6 is 0 Å². The molecule has 1 amide bonds. The Hall–Kier alpha value is -2.96. The van der Waals surface area contributed by atoms with Gasteiger partial charge in [-0.1, -0.05) is 6.07 Å². The first-order valence-corrected chi connectivity index (χ1v) is 6.95. The summed E-state index contributed by atoms with van der Waals surface area (Å²) < 4.78 is 15.6. The maximum Gasteiger partial charge on any atom is 0.338 e. The Morgan fingerprint density at radius 2 is 2.04 bits per heavy atom. The van der Waals surface area contributed by atoms with Crippen LogP contribution in [0.1, 0.15) is 33.4 Å². The maximum atomic E-state index is 11.9. The van der Waals surface area contributed by atoms with Gasteiger partial charge in [-0.2, -0.15) is 0 Å². The van der Waals surface area contributed by atoms with Crippen LogP contribution in [-0.4, -0.2) is 30.7 Å². The number of methoxy groups -OCH3 is 1. The molecule has 0 fully saturated rings. The van der Waals surface area contributed by atoms with Crippen molar-refractivity contribution in [2.24, 2.45) is 0 Å². The Bertz CT molecular complexity index is 706. The molecule has 0 aliphatic carbocycles. The highest BCUT2D eigenvalue weighted by Gasteiger charge is 2.14. The molecule has 2 rings (SSSR count). The minimum absolute atomic E-state index is 0.0553. The van der Waals surface area contributed by atoms with Crippen molar-refractivity contribution in [1.82, 2.24) is 5.32 Å². The zero-order valence-electron chi connectivity index (χ0n) is 12.8. The van der Waals surface area contributed by atoms with Gasteiger partial charge in [0.05, 0.1) is 19.3 Å². The second-order valence-corrected chi connectivity index (χ2v) is 4.61. The largest absolute Gasteiger partial charge is 0.493 e. The van der Waals surface area contributed by atoms with Gasteiger partial charge in [0.25, 0.3) is 5.91 Å². The molecule has 0 aliphatic heterocycles. The lowest BCUT2D eigenvalue weighted by molar-refractivity contribution is 0.0696. The summed E-state index contributed by atoms with van der Waals surface area (Å²) in [5.74, 6) is -0.498. The normalized spacial score (nSPS) is 10.2. The number of amides is 1. The van der Waals surface area contributed by atoms with Gasteiger partial charge in [0, 0.05) is 12.6 Å². The highest BCUT2D eigenvalue weighted by molar-refractivity contribution is 5.95. The predicted octanol–water partition coefficient (Wildman–Crippen LogP) is 2.32. The molecule has 0 aliphatic rings. The molecule has 1 heterocycles. The van der Waals surface area contributed by atoms with Crippen LogP contribution in [-0.2, 0) is 6.54 Å². The molecule has 0 spiro atoms. The predicted molar refractivity (Wildman–Crippen MR) is 81.0 cm³/mol. The summed E-state index contributed by atoms with van der Waals surface area (Å²) in [6.07, 6.45) is 1.02. The van der Waals surface area contributed by atoms with E-state index in [2.05, 4.69) is 5.32 Å². The molecule has 0 radical (unpaired) electrons. The highest BCUT2D eigenvalue weighted by atomic mass is 16.5. The van der Waals surface area contributed by atoms with E-state index >= 15 is 0 Å². The SMILES string of the molecule is CCOc1ccc(CNC(=O)c2cc(C(=O)O)co2)cc1OC. The molecule has 122 valence electrons. The zero-order valence-corrected chi connectivity index (χ0v) is 12.8. The average Bonchev–Trinajstić information content (AvgIpc) is 3.04. The van der Waals surface area contributed by atoms with Crippen molar-refractivity contribution >= 4 is 11.9 Å². The fraction of sp³-hybridized carbons (Fsp3) is 0.250. The van der Waals surface area contributed by atoms with E-state index in [0.29, 0.717) is 18.1 Å². The topological polar surface area (TPSA) is 98.0 Å². The molecule has 2 N–H and O–H groups in total. The number of carbonyl (C=O) groups is 2. The summed E-state index contributed by atoms with van der Waals surface area (Å²) in [6.45, 7) is 2.64. The summed E-state index contributed by atoms with van der Waals surface area (Å²) in [5, 5.41) is 11.4. The molecule has 0 saturated heterocycles. The van der Waals surface area contributed by atoms with E-state index in [0.717, 1.165) is 11.8 Å². The third-order valence-corrected chi connectivity index (χ3v) is 3.05. The number of ether oxygens (including phenoxy) is 2. The molecule has 0 saturated carbocycles. The van der Waals surface area contributed by atoms with Gasteiger partial charge in [-0.25, -0.2) is 4.79 Å². The van der Waals surface area contributed by atoms with Crippen molar-refractivity contribution in [1.29, 1.82) is 0 Å². The van der Waals surface area contributed by atoms with E-state index in [9.17, 15) is 9.59 Å². The van der Waals surface area contributed by atoms with Crippen LogP contribution in [0.3, 0.4) is 0 Å². The van der Waals surface area contributed by atoms with Crippen LogP contribution in [0, 0.1) is 0 Å². The third kappa shape index (κ3) is 4.03. The number of furan rings is 1. The fourth-order valence-corrected chi connectivity index (χ4v) is 1.93.